The molecule has 2 fully saturated rings. The number of aromatic nitrogens is 4. The van der Waals surface area contributed by atoms with E-state index in [0.717, 1.165) is 24.8 Å². The second kappa shape index (κ2) is 19.0. The number of nitrogens with one attached hydrogen (secondary N) is 2. The van der Waals surface area contributed by atoms with Crippen LogP contribution in [0, 0.1) is 40.1 Å². The second-order valence-corrected chi connectivity index (χ2v) is 22.9. The van der Waals surface area contributed by atoms with E-state index in [-0.39, 0.29) is 30.0 Å². The Bertz CT molecular complexity index is 3200. The minimum atomic E-state index is -4.91. The number of pyridine rings is 2. The lowest BCUT2D eigenvalue weighted by Gasteiger charge is -2.20. The fourth-order valence-electron chi connectivity index (χ4n) is 7.91. The van der Waals surface area contributed by atoms with Gasteiger partial charge in [0, 0.05) is 88.8 Å². The molecule has 11 nitrogen and oxygen atoms in total. The van der Waals surface area contributed by atoms with Crippen LogP contribution in [0.5, 0.6) is 0 Å². The molecule has 0 spiro atoms. The van der Waals surface area contributed by atoms with Crippen molar-refractivity contribution in [2.75, 3.05) is 0 Å². The quantitative estimate of drug-likeness (QED) is 0.103. The molecule has 1 atom stereocenters. The van der Waals surface area contributed by atoms with Crippen LogP contribution in [0.2, 0.25) is 0 Å². The van der Waals surface area contributed by atoms with Gasteiger partial charge < -0.3 is 9.13 Å². The Morgan fingerprint density at radius 3 is 1.68 bits per heavy atom. The highest BCUT2D eigenvalue weighted by Gasteiger charge is 2.39. The van der Waals surface area contributed by atoms with Crippen LogP contribution in [-0.2, 0) is 58.6 Å². The molecule has 0 aliphatic heterocycles. The lowest BCUT2D eigenvalue weighted by atomic mass is 9.96. The van der Waals surface area contributed by atoms with Crippen LogP contribution in [-0.4, -0.2) is 46.4 Å². The van der Waals surface area contributed by atoms with Crippen molar-refractivity contribution >= 4 is 41.9 Å². The van der Waals surface area contributed by atoms with Crippen LogP contribution in [0.4, 0.5) is 39.5 Å². The second-order valence-electron chi connectivity index (χ2n) is 18.8. The zero-order valence-electron chi connectivity index (χ0n) is 38.0. The number of halogens is 9. The third-order valence-corrected chi connectivity index (χ3v) is 15.6. The Kier molecular flexibility index (Phi) is 14.2. The molecular formula is C47H48F9N7O4S2. The van der Waals surface area contributed by atoms with Crippen molar-refractivity contribution in [1.82, 2.24) is 28.5 Å². The molecule has 4 aromatic heterocycles. The van der Waals surface area contributed by atoms with E-state index in [2.05, 4.69) is 19.4 Å². The van der Waals surface area contributed by atoms with E-state index in [0.29, 0.717) is 90.0 Å². The molecule has 2 aliphatic carbocycles. The molecule has 0 amide bonds. The first kappa shape index (κ1) is 51.4. The maximum atomic E-state index is 15.3. The van der Waals surface area contributed by atoms with Gasteiger partial charge in [-0.05, 0) is 84.5 Å². The molecule has 4 heterocycles. The van der Waals surface area contributed by atoms with E-state index in [1.54, 1.807) is 23.0 Å². The van der Waals surface area contributed by atoms with Crippen LogP contribution in [0.3, 0.4) is 0 Å². The van der Waals surface area contributed by atoms with Gasteiger partial charge in [-0.3, -0.25) is 0 Å². The van der Waals surface area contributed by atoms with Crippen LogP contribution < -0.4 is 9.44 Å². The average Bonchev–Trinajstić information content (AvgIpc) is 4.20. The number of nitriles is 1. The summed E-state index contributed by atoms with van der Waals surface area (Å²) in [6.07, 6.45) is -1.83. The topological polar surface area (TPSA) is 152 Å². The molecule has 6 aromatic rings. The van der Waals surface area contributed by atoms with Gasteiger partial charge in [-0.25, -0.2) is 49.4 Å². The van der Waals surface area contributed by atoms with E-state index < -0.39 is 94.0 Å². The summed E-state index contributed by atoms with van der Waals surface area (Å²) in [5.74, 6) is -2.70. The predicted octanol–water partition coefficient (Wildman–Crippen LogP) is 11.0. The van der Waals surface area contributed by atoms with Gasteiger partial charge in [0.2, 0.25) is 20.0 Å². The largest absolute Gasteiger partial charge is 0.433 e. The summed E-state index contributed by atoms with van der Waals surface area (Å²) >= 11 is 0. The molecule has 69 heavy (non-hydrogen) atoms. The van der Waals surface area contributed by atoms with Crippen molar-refractivity contribution < 1.29 is 56.3 Å². The number of hydrogen-bond acceptors (Lipinski definition) is 7. The molecule has 1 unspecified atom stereocenters. The Labute approximate surface area is 392 Å². The van der Waals surface area contributed by atoms with Crippen molar-refractivity contribution in [3.63, 3.8) is 0 Å². The van der Waals surface area contributed by atoms with Gasteiger partial charge in [-0.15, -0.1) is 0 Å². The molecule has 2 aliphatic rings. The Morgan fingerprint density at radius 1 is 0.710 bits per heavy atom. The van der Waals surface area contributed by atoms with Crippen LogP contribution in [0.1, 0.15) is 94.8 Å². The van der Waals surface area contributed by atoms with Gasteiger partial charge in [0.1, 0.15) is 29.2 Å². The highest BCUT2D eigenvalue weighted by Crippen LogP contribution is 2.42. The molecule has 2 saturated carbocycles. The maximum absolute atomic E-state index is 15.3. The first-order chi connectivity index (χ1) is 32.1. The molecule has 370 valence electrons. The summed E-state index contributed by atoms with van der Waals surface area (Å²) in [5.41, 5.74) is -3.21. The molecular weight excluding hydrogens is 962 g/mol. The van der Waals surface area contributed by atoms with Crippen molar-refractivity contribution in [1.29, 1.82) is 5.26 Å². The van der Waals surface area contributed by atoms with E-state index >= 15 is 8.78 Å². The summed E-state index contributed by atoms with van der Waals surface area (Å²) in [6.45, 7) is 10.7. The zero-order chi connectivity index (χ0) is 50.6. The number of benzene rings is 2. The number of fused-ring (bicyclic) bond motifs is 2. The lowest BCUT2D eigenvalue weighted by Crippen LogP contribution is -2.26. The highest BCUT2D eigenvalue weighted by molar-refractivity contribution is 7.90. The van der Waals surface area contributed by atoms with Crippen molar-refractivity contribution in [2.45, 2.75) is 116 Å². The van der Waals surface area contributed by atoms with Crippen LogP contribution in [0.25, 0.3) is 44.1 Å². The molecule has 2 N–H and O–H groups in total. The maximum Gasteiger partial charge on any atom is 0.433 e. The summed E-state index contributed by atoms with van der Waals surface area (Å²) < 4.78 is 184. The fourth-order valence-corrected chi connectivity index (χ4v) is 10.6. The summed E-state index contributed by atoms with van der Waals surface area (Å²) in [7, 11) is -6.97. The third-order valence-electron chi connectivity index (χ3n) is 11.8. The number of rotatable bonds is 14. The molecule has 0 saturated heterocycles. The number of hydrogen-bond donors (Lipinski definition) is 2. The smallest absolute Gasteiger partial charge is 0.347 e. The van der Waals surface area contributed by atoms with Gasteiger partial charge >= 0.3 is 12.4 Å². The lowest BCUT2D eigenvalue weighted by molar-refractivity contribution is -0.140. The predicted molar refractivity (Wildman–Crippen MR) is 241 cm³/mol. The summed E-state index contributed by atoms with van der Waals surface area (Å²) in [6, 6.07) is 7.57. The fraction of sp³-hybridized carbons (Fsp3) is 0.426. The van der Waals surface area contributed by atoms with Gasteiger partial charge in [0.15, 0.2) is 5.69 Å². The van der Waals surface area contributed by atoms with Crippen molar-refractivity contribution in [3.05, 3.63) is 107 Å². The third kappa shape index (κ3) is 11.8. The van der Waals surface area contributed by atoms with E-state index in [1.807, 2.05) is 39.2 Å². The SMILES string of the molecule is CC(C)(C)Cn1cc(CNS(=O)(=O)C2CC2)c2cc(F)c(-c3cc(F)cnc3C(F)(F)F)cc21.CCC(C)Cn1cc(CNS(=O)(=O)C2CC2)c2cc(F)c(-c3cnc(C#N)cc3C(F)(F)F)cc21. The van der Waals surface area contributed by atoms with Crippen LogP contribution >= 0.6 is 0 Å². The zero-order valence-corrected chi connectivity index (χ0v) is 39.6. The Hall–Kier alpha value is -5.50. The number of sulfonamides is 2. The van der Waals surface area contributed by atoms with Crippen LogP contribution in [0.15, 0.2) is 61.2 Å². The van der Waals surface area contributed by atoms with E-state index in [1.165, 1.54) is 12.1 Å². The Morgan fingerprint density at radius 2 is 1.22 bits per heavy atom. The number of alkyl halides is 6. The van der Waals surface area contributed by atoms with Gasteiger partial charge in [-0.2, -0.15) is 31.6 Å². The summed E-state index contributed by atoms with van der Waals surface area (Å²) in [5, 5.41) is 8.91. The standard InChI is InChI=1S/C24H24F4N4O2S.C23H24F5N3O2S/c1-3-14(2)12-32-13-15(10-31-35(33,34)17-4-5-17)18-7-22(25)19(8-23(18)32)20-11-30-16(9-29)6-21(20)24(26,27)28;1-22(2,3)12-31-11-13(9-30-34(32,33)15-4-5-15)16-7-19(25)17(8-20(16)31)18-6-14(24)10-29-21(18)23(26,27)28/h6-8,11,13-14,17,31H,3-5,10,12H2,1-2H3;6-8,10-11,15,30H,4-5,9,12H2,1-3H3. The van der Waals surface area contributed by atoms with E-state index in [4.69, 9.17) is 5.26 Å². The average molecular weight is 1010 g/mol. The first-order valence-corrected chi connectivity index (χ1v) is 25.0. The van der Waals surface area contributed by atoms with Crippen molar-refractivity contribution in [3.8, 4) is 28.3 Å². The number of nitrogens with zero attached hydrogens (tertiary/aromatic N) is 5. The van der Waals surface area contributed by atoms with Gasteiger partial charge in [0.25, 0.3) is 0 Å². The summed E-state index contributed by atoms with van der Waals surface area (Å²) in [4.78, 5) is 6.89. The van der Waals surface area contributed by atoms with E-state index in [9.17, 15) is 47.6 Å². The monoisotopic (exact) mass is 1010 g/mol. The minimum absolute atomic E-state index is 0.0478. The van der Waals surface area contributed by atoms with Gasteiger partial charge in [0.05, 0.1) is 22.3 Å². The normalized spacial score (nSPS) is 15.3. The molecule has 0 bridgehead atoms. The van der Waals surface area contributed by atoms with Crippen molar-refractivity contribution in [2.24, 2.45) is 11.3 Å². The Balaban J connectivity index is 0.000000204. The minimum Gasteiger partial charge on any atom is -0.347 e. The molecule has 0 radical (unpaired) electrons. The first-order valence-electron chi connectivity index (χ1n) is 21.9. The highest BCUT2D eigenvalue weighted by atomic mass is 32.2. The molecule has 8 rings (SSSR count). The van der Waals surface area contributed by atoms with Gasteiger partial charge in [-0.1, -0.05) is 41.0 Å². The molecule has 22 heteroatoms. The molecule has 2 aromatic carbocycles.